The Hall–Kier alpha value is -3.64. The molecule has 9 nitrogen and oxygen atoms in total. The SMILES string of the molecule is CC(C)(O)[C@H](F)CNC(=O)c1cnc(-c2cnn3cc(Cl)cnc23)cc1Nc1ccn(CC(F)F)c1. The summed E-state index contributed by atoms with van der Waals surface area (Å²) in [5.41, 5.74) is 0.641. The fourth-order valence-electron chi connectivity index (χ4n) is 3.39. The van der Waals surface area contributed by atoms with Gasteiger partial charge >= 0.3 is 0 Å². The van der Waals surface area contributed by atoms with Crippen molar-refractivity contribution in [3.8, 4) is 11.3 Å². The molecule has 4 aromatic heterocycles. The van der Waals surface area contributed by atoms with Crippen molar-refractivity contribution in [2.75, 3.05) is 11.9 Å². The predicted octanol–water partition coefficient (Wildman–Crippen LogP) is 4.09. The van der Waals surface area contributed by atoms with Gasteiger partial charge in [0.2, 0.25) is 0 Å². The average Bonchev–Trinajstić information content (AvgIpc) is 3.42. The summed E-state index contributed by atoms with van der Waals surface area (Å²) < 4.78 is 42.5. The van der Waals surface area contributed by atoms with Gasteiger partial charge in [0.25, 0.3) is 12.3 Å². The molecule has 0 saturated heterocycles. The summed E-state index contributed by atoms with van der Waals surface area (Å²) in [6.45, 7) is 1.69. The van der Waals surface area contributed by atoms with E-state index >= 15 is 0 Å². The minimum atomic E-state index is -2.53. The predicted molar refractivity (Wildman–Crippen MR) is 128 cm³/mol. The average molecular weight is 522 g/mol. The van der Waals surface area contributed by atoms with Crippen LogP contribution in [0.25, 0.3) is 16.9 Å². The Labute approximate surface area is 208 Å². The lowest BCUT2D eigenvalue weighted by atomic mass is 10.0. The van der Waals surface area contributed by atoms with Crippen molar-refractivity contribution < 1.29 is 23.1 Å². The number of carbonyl (C=O) groups is 1. The zero-order valence-electron chi connectivity index (χ0n) is 19.3. The summed E-state index contributed by atoms with van der Waals surface area (Å²) in [6.07, 6.45) is 4.61. The topological polar surface area (TPSA) is 109 Å². The molecule has 0 spiro atoms. The van der Waals surface area contributed by atoms with Gasteiger partial charge in [-0.2, -0.15) is 5.10 Å². The molecule has 0 fully saturated rings. The first-order valence-corrected chi connectivity index (χ1v) is 11.2. The molecule has 4 aromatic rings. The molecule has 0 aliphatic rings. The van der Waals surface area contributed by atoms with Gasteiger partial charge < -0.3 is 20.3 Å². The van der Waals surface area contributed by atoms with E-state index in [2.05, 4.69) is 25.7 Å². The molecule has 13 heteroatoms. The molecule has 0 unspecified atom stereocenters. The molecule has 36 heavy (non-hydrogen) atoms. The summed E-state index contributed by atoms with van der Waals surface area (Å²) in [7, 11) is 0. The Bertz CT molecular complexity index is 1380. The molecular formula is C23H23ClF3N7O2. The van der Waals surface area contributed by atoms with Gasteiger partial charge in [-0.25, -0.2) is 22.7 Å². The Morgan fingerprint density at radius 3 is 2.69 bits per heavy atom. The van der Waals surface area contributed by atoms with Crippen LogP contribution >= 0.6 is 11.6 Å². The highest BCUT2D eigenvalue weighted by atomic mass is 35.5. The molecule has 1 amide bonds. The van der Waals surface area contributed by atoms with Crippen LogP contribution in [0.1, 0.15) is 24.2 Å². The van der Waals surface area contributed by atoms with E-state index in [1.54, 1.807) is 24.5 Å². The minimum Gasteiger partial charge on any atom is -0.387 e. The monoisotopic (exact) mass is 521 g/mol. The number of anilines is 2. The van der Waals surface area contributed by atoms with E-state index in [1.807, 2.05) is 0 Å². The lowest BCUT2D eigenvalue weighted by Gasteiger charge is -2.22. The van der Waals surface area contributed by atoms with Gasteiger partial charge in [-0.1, -0.05) is 11.6 Å². The third-order valence-electron chi connectivity index (χ3n) is 5.34. The molecule has 0 saturated carbocycles. The number of aliphatic hydroxyl groups is 1. The number of halogens is 4. The number of aromatic nitrogens is 5. The number of alkyl halides is 3. The molecule has 0 aromatic carbocycles. The van der Waals surface area contributed by atoms with Gasteiger partial charge in [0.05, 0.1) is 64.3 Å². The summed E-state index contributed by atoms with van der Waals surface area (Å²) >= 11 is 5.97. The smallest absolute Gasteiger partial charge is 0.256 e. The molecule has 4 heterocycles. The lowest BCUT2D eigenvalue weighted by molar-refractivity contribution is -0.00177. The Balaban J connectivity index is 1.68. The highest BCUT2D eigenvalue weighted by Gasteiger charge is 2.27. The molecule has 1 atom stereocenters. The normalized spacial score (nSPS) is 12.8. The standard InChI is InChI=1S/C23H23ClF3N7O2/c1-23(2,36)19(25)9-30-22(35)16-7-28-17(15-8-31-34-10-13(24)6-29-21(15)34)5-18(16)32-14-3-4-33(11-14)12-20(26)27/h3-8,10-11,19-20,36H,9,12H2,1-2H3,(H,28,32)(H,30,35)/t19-/m1/s1. The van der Waals surface area contributed by atoms with Crippen molar-refractivity contribution in [3.05, 3.63) is 59.9 Å². The van der Waals surface area contributed by atoms with Crippen LogP contribution in [0.3, 0.4) is 0 Å². The van der Waals surface area contributed by atoms with E-state index in [0.717, 1.165) is 0 Å². The first-order chi connectivity index (χ1) is 17.0. The number of hydrogen-bond acceptors (Lipinski definition) is 6. The minimum absolute atomic E-state index is 0.0794. The number of nitrogens with one attached hydrogen (secondary N) is 2. The maximum Gasteiger partial charge on any atom is 0.256 e. The van der Waals surface area contributed by atoms with Crippen LogP contribution < -0.4 is 10.6 Å². The number of hydrogen-bond donors (Lipinski definition) is 3. The third-order valence-corrected chi connectivity index (χ3v) is 5.53. The van der Waals surface area contributed by atoms with E-state index in [0.29, 0.717) is 33.3 Å². The third kappa shape index (κ3) is 5.77. The van der Waals surface area contributed by atoms with Gasteiger partial charge in [0.1, 0.15) is 6.17 Å². The molecule has 0 radical (unpaired) electrons. The summed E-state index contributed by atoms with van der Waals surface area (Å²) in [4.78, 5) is 21.5. The van der Waals surface area contributed by atoms with Crippen LogP contribution in [0.4, 0.5) is 24.5 Å². The lowest BCUT2D eigenvalue weighted by Crippen LogP contribution is -2.42. The summed E-state index contributed by atoms with van der Waals surface area (Å²) in [5.74, 6) is -0.639. The van der Waals surface area contributed by atoms with Gasteiger partial charge in [0, 0.05) is 24.8 Å². The molecule has 190 valence electrons. The molecule has 0 bridgehead atoms. The van der Waals surface area contributed by atoms with Crippen molar-refractivity contribution in [3.63, 3.8) is 0 Å². The van der Waals surface area contributed by atoms with E-state index in [-0.39, 0.29) is 5.56 Å². The quantitative estimate of drug-likeness (QED) is 0.306. The maximum absolute atomic E-state index is 14.2. The zero-order valence-corrected chi connectivity index (χ0v) is 20.0. The van der Waals surface area contributed by atoms with Gasteiger partial charge in [-0.05, 0) is 26.0 Å². The van der Waals surface area contributed by atoms with Crippen LogP contribution in [-0.2, 0) is 6.54 Å². The highest BCUT2D eigenvalue weighted by Crippen LogP contribution is 2.29. The second-order valence-electron chi connectivity index (χ2n) is 8.66. The van der Waals surface area contributed by atoms with Gasteiger partial charge in [-0.3, -0.25) is 9.78 Å². The van der Waals surface area contributed by atoms with Crippen LogP contribution in [0.2, 0.25) is 5.02 Å². The first kappa shape index (κ1) is 25.5. The Morgan fingerprint density at radius 1 is 1.19 bits per heavy atom. The Morgan fingerprint density at radius 2 is 1.97 bits per heavy atom. The summed E-state index contributed by atoms with van der Waals surface area (Å²) in [6, 6.07) is 3.16. The number of rotatable bonds is 9. The van der Waals surface area contributed by atoms with E-state index < -0.39 is 37.2 Å². The van der Waals surface area contributed by atoms with E-state index in [4.69, 9.17) is 11.6 Å². The number of pyridine rings is 1. The first-order valence-electron chi connectivity index (χ1n) is 10.9. The van der Waals surface area contributed by atoms with Crippen molar-refractivity contribution in [2.24, 2.45) is 0 Å². The molecule has 3 N–H and O–H groups in total. The Kier molecular flexibility index (Phi) is 7.18. The van der Waals surface area contributed by atoms with Crippen LogP contribution in [-0.4, -0.2) is 59.9 Å². The number of amides is 1. The number of nitrogens with zero attached hydrogens (tertiary/aromatic N) is 5. The zero-order chi connectivity index (χ0) is 26.0. The second kappa shape index (κ2) is 10.2. The van der Waals surface area contributed by atoms with E-state index in [9.17, 15) is 23.1 Å². The number of carbonyl (C=O) groups excluding carboxylic acids is 1. The number of fused-ring (bicyclic) bond motifs is 1. The maximum atomic E-state index is 14.2. The summed E-state index contributed by atoms with van der Waals surface area (Å²) in [5, 5.41) is 19.9. The van der Waals surface area contributed by atoms with Crippen LogP contribution in [0.5, 0.6) is 0 Å². The molecular weight excluding hydrogens is 499 g/mol. The molecule has 0 aliphatic carbocycles. The van der Waals surface area contributed by atoms with Crippen LogP contribution in [0, 0.1) is 0 Å². The van der Waals surface area contributed by atoms with Crippen molar-refractivity contribution >= 4 is 34.5 Å². The fourth-order valence-corrected chi connectivity index (χ4v) is 3.53. The van der Waals surface area contributed by atoms with Gasteiger partial charge in [-0.15, -0.1) is 0 Å². The highest BCUT2D eigenvalue weighted by molar-refractivity contribution is 6.30. The fraction of sp³-hybridized carbons (Fsp3) is 0.304. The van der Waals surface area contributed by atoms with Crippen LogP contribution in [0.15, 0.2) is 49.3 Å². The largest absolute Gasteiger partial charge is 0.387 e. The molecule has 4 rings (SSSR count). The van der Waals surface area contributed by atoms with Gasteiger partial charge in [0.15, 0.2) is 5.65 Å². The van der Waals surface area contributed by atoms with Crippen molar-refractivity contribution in [1.29, 1.82) is 0 Å². The second-order valence-corrected chi connectivity index (χ2v) is 9.09. The van der Waals surface area contributed by atoms with Crippen molar-refractivity contribution in [2.45, 2.75) is 38.6 Å². The van der Waals surface area contributed by atoms with E-state index in [1.165, 1.54) is 47.7 Å². The molecule has 0 aliphatic heterocycles. The van der Waals surface area contributed by atoms with Crippen molar-refractivity contribution in [1.82, 2.24) is 29.5 Å².